The maximum absolute atomic E-state index is 12.7. The van der Waals surface area contributed by atoms with Gasteiger partial charge in [0.2, 0.25) is 10.0 Å². The van der Waals surface area contributed by atoms with E-state index in [1.807, 2.05) is 30.3 Å². The summed E-state index contributed by atoms with van der Waals surface area (Å²) in [5, 5.41) is 5.52. The second-order valence-corrected chi connectivity index (χ2v) is 8.18. The predicted molar refractivity (Wildman–Crippen MR) is 104 cm³/mol. The highest BCUT2D eigenvalue weighted by molar-refractivity contribution is 7.88. The molecule has 0 bridgehead atoms. The molecule has 0 atom stereocenters. The molecule has 7 nitrogen and oxygen atoms in total. The summed E-state index contributed by atoms with van der Waals surface area (Å²) in [6, 6.07) is 16.0. The number of benzene rings is 2. The van der Waals surface area contributed by atoms with E-state index < -0.39 is 10.0 Å². The van der Waals surface area contributed by atoms with Crippen molar-refractivity contribution in [2.75, 3.05) is 31.6 Å². The van der Waals surface area contributed by atoms with E-state index in [4.69, 9.17) is 4.74 Å². The molecule has 0 spiro atoms. The summed E-state index contributed by atoms with van der Waals surface area (Å²) in [6.45, 7) is 1.84. The number of amides is 2. The third-order valence-electron chi connectivity index (χ3n) is 4.29. The van der Waals surface area contributed by atoms with Gasteiger partial charge < -0.3 is 15.4 Å². The largest absolute Gasteiger partial charge is 0.379 e. The van der Waals surface area contributed by atoms with E-state index in [-0.39, 0.29) is 18.3 Å². The van der Waals surface area contributed by atoms with Gasteiger partial charge in [0, 0.05) is 25.3 Å². The quantitative estimate of drug-likeness (QED) is 0.793. The van der Waals surface area contributed by atoms with Gasteiger partial charge in [-0.1, -0.05) is 42.5 Å². The smallest absolute Gasteiger partial charge is 0.319 e. The maximum atomic E-state index is 12.7. The Labute approximate surface area is 159 Å². The lowest BCUT2D eigenvalue weighted by molar-refractivity contribution is 0.0729. The fourth-order valence-electron chi connectivity index (χ4n) is 2.86. The topological polar surface area (TPSA) is 87.7 Å². The van der Waals surface area contributed by atoms with Crippen LogP contribution in [0, 0.1) is 0 Å². The molecule has 27 heavy (non-hydrogen) atoms. The highest BCUT2D eigenvalue weighted by Crippen LogP contribution is 2.16. The van der Waals surface area contributed by atoms with Crippen molar-refractivity contribution in [2.24, 2.45) is 0 Å². The molecule has 0 radical (unpaired) electrons. The third-order valence-corrected chi connectivity index (χ3v) is 6.12. The molecule has 1 aliphatic heterocycles. The Bertz CT molecular complexity index is 866. The molecule has 0 aliphatic carbocycles. The van der Waals surface area contributed by atoms with Crippen LogP contribution in [0.1, 0.15) is 11.1 Å². The predicted octanol–water partition coefficient (Wildman–Crippen LogP) is 2.17. The third kappa shape index (κ3) is 5.53. The zero-order valence-corrected chi connectivity index (χ0v) is 15.7. The number of nitrogens with zero attached hydrogens (tertiary/aromatic N) is 1. The maximum Gasteiger partial charge on any atom is 0.319 e. The van der Waals surface area contributed by atoms with Crippen LogP contribution in [0.15, 0.2) is 54.6 Å². The van der Waals surface area contributed by atoms with Crippen molar-refractivity contribution < 1.29 is 17.9 Å². The molecule has 144 valence electrons. The first kappa shape index (κ1) is 19.3. The van der Waals surface area contributed by atoms with Crippen LogP contribution in [0.3, 0.4) is 0 Å². The fourth-order valence-corrected chi connectivity index (χ4v) is 4.42. The second-order valence-electron chi connectivity index (χ2n) is 6.21. The minimum Gasteiger partial charge on any atom is -0.379 e. The molecule has 0 unspecified atom stereocenters. The minimum atomic E-state index is -3.42. The molecular weight excluding hydrogens is 366 g/mol. The van der Waals surface area contributed by atoms with Crippen molar-refractivity contribution in [3.63, 3.8) is 0 Å². The Morgan fingerprint density at radius 3 is 2.30 bits per heavy atom. The number of ether oxygens (including phenoxy) is 1. The number of hydrogen-bond acceptors (Lipinski definition) is 4. The van der Waals surface area contributed by atoms with Crippen molar-refractivity contribution in [1.29, 1.82) is 0 Å². The SMILES string of the molecule is O=C(NCc1ccccc1CS(=O)(=O)N1CCOCC1)Nc1ccccc1. The van der Waals surface area contributed by atoms with Crippen molar-refractivity contribution in [1.82, 2.24) is 9.62 Å². The zero-order valence-electron chi connectivity index (χ0n) is 14.9. The van der Waals surface area contributed by atoms with E-state index in [9.17, 15) is 13.2 Å². The van der Waals surface area contributed by atoms with Crippen LogP contribution in [-0.2, 0) is 27.1 Å². The summed E-state index contributed by atoms with van der Waals surface area (Å²) in [6.07, 6.45) is 0. The summed E-state index contributed by atoms with van der Waals surface area (Å²) in [5.74, 6) is -0.0921. The molecule has 0 saturated carbocycles. The zero-order chi connectivity index (χ0) is 19.1. The lowest BCUT2D eigenvalue weighted by Gasteiger charge is -2.26. The van der Waals surface area contributed by atoms with Crippen LogP contribution in [0.4, 0.5) is 10.5 Å². The number of hydrogen-bond donors (Lipinski definition) is 2. The second kappa shape index (κ2) is 8.98. The van der Waals surface area contributed by atoms with Gasteiger partial charge in [-0.3, -0.25) is 0 Å². The van der Waals surface area contributed by atoms with Gasteiger partial charge in [-0.2, -0.15) is 4.31 Å². The van der Waals surface area contributed by atoms with Gasteiger partial charge in [0.15, 0.2) is 0 Å². The first-order valence-electron chi connectivity index (χ1n) is 8.77. The summed E-state index contributed by atoms with van der Waals surface area (Å²) in [7, 11) is -3.42. The molecule has 2 aromatic carbocycles. The van der Waals surface area contributed by atoms with Crippen molar-refractivity contribution in [3.8, 4) is 0 Å². The fraction of sp³-hybridized carbons (Fsp3) is 0.316. The number of morpholine rings is 1. The van der Waals surface area contributed by atoms with Gasteiger partial charge in [0.05, 0.1) is 19.0 Å². The Morgan fingerprint density at radius 1 is 0.963 bits per heavy atom. The molecule has 2 amide bonds. The highest BCUT2D eigenvalue weighted by atomic mass is 32.2. The Hall–Kier alpha value is -2.42. The monoisotopic (exact) mass is 389 g/mol. The van der Waals surface area contributed by atoms with E-state index in [2.05, 4.69) is 10.6 Å². The van der Waals surface area contributed by atoms with E-state index in [0.717, 1.165) is 5.56 Å². The summed E-state index contributed by atoms with van der Waals surface area (Å²) >= 11 is 0. The summed E-state index contributed by atoms with van der Waals surface area (Å²) in [5.41, 5.74) is 2.15. The van der Waals surface area contributed by atoms with Gasteiger partial charge in [0.25, 0.3) is 0 Å². The molecule has 2 N–H and O–H groups in total. The van der Waals surface area contributed by atoms with Crippen molar-refractivity contribution in [3.05, 3.63) is 65.7 Å². The average Bonchev–Trinajstić information content (AvgIpc) is 2.68. The normalized spacial score (nSPS) is 15.3. The lowest BCUT2D eigenvalue weighted by atomic mass is 10.1. The van der Waals surface area contributed by atoms with Crippen LogP contribution in [-0.4, -0.2) is 45.1 Å². The van der Waals surface area contributed by atoms with Gasteiger partial charge in [0.1, 0.15) is 0 Å². The number of sulfonamides is 1. The van der Waals surface area contributed by atoms with E-state index in [0.29, 0.717) is 37.6 Å². The van der Waals surface area contributed by atoms with Crippen LogP contribution in [0.25, 0.3) is 0 Å². The number of anilines is 1. The molecule has 1 heterocycles. The van der Waals surface area contributed by atoms with E-state index in [1.165, 1.54) is 4.31 Å². The molecule has 3 rings (SSSR count). The average molecular weight is 389 g/mol. The summed E-state index contributed by atoms with van der Waals surface area (Å²) in [4.78, 5) is 12.1. The van der Waals surface area contributed by atoms with Crippen LogP contribution < -0.4 is 10.6 Å². The first-order chi connectivity index (χ1) is 13.0. The molecule has 0 aromatic heterocycles. The molecule has 8 heteroatoms. The number of para-hydroxylation sites is 1. The van der Waals surface area contributed by atoms with Gasteiger partial charge in [-0.25, -0.2) is 13.2 Å². The first-order valence-corrected chi connectivity index (χ1v) is 10.4. The lowest BCUT2D eigenvalue weighted by Crippen LogP contribution is -2.41. The molecular formula is C19H23N3O4S. The van der Waals surface area contributed by atoms with Crippen molar-refractivity contribution in [2.45, 2.75) is 12.3 Å². The van der Waals surface area contributed by atoms with Gasteiger partial charge in [-0.05, 0) is 23.3 Å². The van der Waals surface area contributed by atoms with Gasteiger partial charge in [-0.15, -0.1) is 0 Å². The van der Waals surface area contributed by atoms with Crippen LogP contribution >= 0.6 is 0 Å². The Kier molecular flexibility index (Phi) is 6.44. The molecule has 1 aliphatic rings. The number of nitrogens with one attached hydrogen (secondary N) is 2. The molecule has 1 fully saturated rings. The van der Waals surface area contributed by atoms with Crippen molar-refractivity contribution >= 4 is 21.7 Å². The Balaban J connectivity index is 1.62. The van der Waals surface area contributed by atoms with Crippen LogP contribution in [0.2, 0.25) is 0 Å². The Morgan fingerprint density at radius 2 is 1.59 bits per heavy atom. The van der Waals surface area contributed by atoms with E-state index in [1.54, 1.807) is 24.3 Å². The molecule has 2 aromatic rings. The number of rotatable bonds is 6. The molecule has 1 saturated heterocycles. The van der Waals surface area contributed by atoms with E-state index >= 15 is 0 Å². The van der Waals surface area contributed by atoms with Gasteiger partial charge >= 0.3 is 6.03 Å². The standard InChI is InChI=1S/C19H23N3O4S/c23-19(21-18-8-2-1-3-9-18)20-14-16-6-4-5-7-17(16)15-27(24,25)22-10-12-26-13-11-22/h1-9H,10-15H2,(H2,20,21,23). The number of urea groups is 1. The number of carbonyl (C=O) groups excluding carboxylic acids is 1. The number of carbonyl (C=O) groups is 1. The highest BCUT2D eigenvalue weighted by Gasteiger charge is 2.25. The summed E-state index contributed by atoms with van der Waals surface area (Å²) < 4.78 is 32.0. The minimum absolute atomic E-state index is 0.0921. The van der Waals surface area contributed by atoms with Crippen LogP contribution in [0.5, 0.6) is 0 Å².